The van der Waals surface area contributed by atoms with Crippen molar-refractivity contribution in [1.29, 1.82) is 0 Å². The molecule has 2 N–H and O–H groups in total. The smallest absolute Gasteiger partial charge is 0.310 e. The molecule has 3 rings (SSSR count). The molecule has 2 heterocycles. The van der Waals surface area contributed by atoms with Gasteiger partial charge < -0.3 is 29.7 Å². The molecule has 0 spiro atoms. The monoisotopic (exact) mass is 507 g/mol. The van der Waals surface area contributed by atoms with Crippen molar-refractivity contribution in [2.24, 2.45) is 0 Å². The van der Waals surface area contributed by atoms with Crippen LogP contribution >= 0.6 is 11.6 Å². The van der Waals surface area contributed by atoms with E-state index in [0.29, 0.717) is 37.3 Å². The van der Waals surface area contributed by atoms with E-state index in [4.69, 9.17) is 25.8 Å². The Labute approximate surface area is 208 Å². The van der Waals surface area contributed by atoms with E-state index in [2.05, 4.69) is 17.2 Å². The minimum atomic E-state index is -1.05. The lowest BCUT2D eigenvalue weighted by molar-refractivity contribution is -0.164. The van der Waals surface area contributed by atoms with Gasteiger partial charge in [-0.15, -0.1) is 0 Å². The molecule has 0 saturated carbocycles. The van der Waals surface area contributed by atoms with E-state index >= 15 is 0 Å². The Morgan fingerprint density at radius 3 is 2.71 bits per heavy atom. The first-order valence-corrected chi connectivity index (χ1v) is 11.8. The van der Waals surface area contributed by atoms with E-state index in [9.17, 15) is 19.2 Å². The van der Waals surface area contributed by atoms with Crippen molar-refractivity contribution in [3.05, 3.63) is 40.9 Å². The summed E-state index contributed by atoms with van der Waals surface area (Å²) in [4.78, 5) is 52.5. The van der Waals surface area contributed by atoms with E-state index in [-0.39, 0.29) is 17.0 Å². The fourth-order valence-corrected chi connectivity index (χ4v) is 4.38. The molecular weight excluding hydrogens is 478 g/mol. The number of rotatable bonds is 9. The summed E-state index contributed by atoms with van der Waals surface area (Å²) in [6, 6.07) is 2.14. The molecule has 0 bridgehead atoms. The highest BCUT2D eigenvalue weighted by molar-refractivity contribution is 6.34. The molecule has 4 atom stereocenters. The van der Waals surface area contributed by atoms with Crippen LogP contribution in [0.1, 0.15) is 43.5 Å². The topological polar surface area (TPSA) is 123 Å². The van der Waals surface area contributed by atoms with E-state index in [1.54, 1.807) is 19.9 Å². The van der Waals surface area contributed by atoms with Crippen molar-refractivity contribution < 1.29 is 33.4 Å². The lowest BCUT2D eigenvalue weighted by Gasteiger charge is -2.30. The molecule has 11 heteroatoms. The molecule has 2 aliphatic heterocycles. The number of amides is 3. The maximum atomic E-state index is 13.4. The lowest BCUT2D eigenvalue weighted by atomic mass is 10.1. The van der Waals surface area contributed by atoms with E-state index < -0.39 is 48.1 Å². The second-order valence-electron chi connectivity index (χ2n) is 8.42. The van der Waals surface area contributed by atoms with Crippen LogP contribution < -0.4 is 15.4 Å². The number of ether oxygens (including phenoxy) is 3. The molecule has 0 unspecified atom stereocenters. The summed E-state index contributed by atoms with van der Waals surface area (Å²) in [5.41, 5.74) is 0.584. The Kier molecular flexibility index (Phi) is 8.74. The van der Waals surface area contributed by atoms with Crippen LogP contribution in [0.4, 0.5) is 0 Å². The van der Waals surface area contributed by atoms with Crippen LogP contribution in [-0.4, -0.2) is 73.3 Å². The Bertz CT molecular complexity index is 1010. The molecule has 35 heavy (non-hydrogen) atoms. The SMILES string of the molecule is C=C(C)[C@H](NC(=O)c1ccc(OC)cc1Cl)C(=O)N1CCC[C@H]1C(=O)N[C@H]1CC(=O)O[C@H]1OCC. The third-order valence-corrected chi connectivity index (χ3v) is 6.21. The first-order chi connectivity index (χ1) is 16.7. The number of hydrogen-bond donors (Lipinski definition) is 2. The third kappa shape index (κ3) is 6.12. The summed E-state index contributed by atoms with van der Waals surface area (Å²) >= 11 is 6.21. The average molecular weight is 508 g/mol. The first kappa shape index (κ1) is 26.5. The number of carbonyl (C=O) groups excluding carboxylic acids is 4. The van der Waals surface area contributed by atoms with Crippen LogP contribution in [-0.2, 0) is 23.9 Å². The summed E-state index contributed by atoms with van der Waals surface area (Å²) in [6.07, 6.45) is 0.183. The van der Waals surface area contributed by atoms with Gasteiger partial charge in [0, 0.05) is 13.2 Å². The van der Waals surface area contributed by atoms with Gasteiger partial charge in [0.1, 0.15) is 23.9 Å². The van der Waals surface area contributed by atoms with Gasteiger partial charge in [0.25, 0.3) is 5.91 Å². The van der Waals surface area contributed by atoms with Gasteiger partial charge in [0.15, 0.2) is 0 Å². The number of esters is 1. The van der Waals surface area contributed by atoms with Gasteiger partial charge in [-0.25, -0.2) is 0 Å². The maximum Gasteiger partial charge on any atom is 0.310 e. The molecule has 10 nitrogen and oxygen atoms in total. The molecular formula is C24H30ClN3O7. The van der Waals surface area contributed by atoms with Crippen LogP contribution in [0.25, 0.3) is 0 Å². The summed E-state index contributed by atoms with van der Waals surface area (Å²) < 4.78 is 15.6. The van der Waals surface area contributed by atoms with Crippen molar-refractivity contribution in [3.63, 3.8) is 0 Å². The quantitative estimate of drug-likeness (QED) is 0.386. The molecule has 190 valence electrons. The van der Waals surface area contributed by atoms with Crippen LogP contribution in [0.15, 0.2) is 30.4 Å². The predicted octanol–water partition coefficient (Wildman–Crippen LogP) is 1.81. The van der Waals surface area contributed by atoms with Crippen LogP contribution in [0, 0.1) is 0 Å². The van der Waals surface area contributed by atoms with Gasteiger partial charge in [-0.05, 0) is 50.5 Å². The highest BCUT2D eigenvalue weighted by Gasteiger charge is 2.42. The van der Waals surface area contributed by atoms with E-state index in [0.717, 1.165) is 0 Å². The van der Waals surface area contributed by atoms with Gasteiger partial charge in [-0.3, -0.25) is 19.2 Å². The number of likely N-dealkylation sites (tertiary alicyclic amines) is 1. The Balaban J connectivity index is 1.71. The average Bonchev–Trinajstić information content (AvgIpc) is 3.43. The molecule has 2 fully saturated rings. The third-order valence-electron chi connectivity index (χ3n) is 5.90. The Hall–Kier alpha value is -3.11. The van der Waals surface area contributed by atoms with Crippen LogP contribution in [0.3, 0.4) is 0 Å². The number of hydrogen-bond acceptors (Lipinski definition) is 7. The second-order valence-corrected chi connectivity index (χ2v) is 8.83. The highest BCUT2D eigenvalue weighted by Crippen LogP contribution is 2.24. The number of cyclic esters (lactones) is 1. The molecule has 0 radical (unpaired) electrons. The molecule has 2 aliphatic rings. The fourth-order valence-electron chi connectivity index (χ4n) is 4.13. The van der Waals surface area contributed by atoms with Crippen molar-refractivity contribution in [3.8, 4) is 5.75 Å². The fraction of sp³-hybridized carbons (Fsp3) is 0.500. The van der Waals surface area contributed by atoms with Gasteiger partial charge in [-0.2, -0.15) is 0 Å². The predicted molar refractivity (Wildman–Crippen MR) is 127 cm³/mol. The van der Waals surface area contributed by atoms with Gasteiger partial charge >= 0.3 is 5.97 Å². The second kappa shape index (κ2) is 11.5. The van der Waals surface area contributed by atoms with E-state index in [1.807, 2.05) is 0 Å². The summed E-state index contributed by atoms with van der Waals surface area (Å²) in [5, 5.41) is 5.63. The first-order valence-electron chi connectivity index (χ1n) is 11.4. The summed E-state index contributed by atoms with van der Waals surface area (Å²) in [7, 11) is 1.48. The maximum absolute atomic E-state index is 13.4. The zero-order valence-corrected chi connectivity index (χ0v) is 20.7. The minimum Gasteiger partial charge on any atom is -0.497 e. The zero-order chi connectivity index (χ0) is 25.7. The Morgan fingerprint density at radius 1 is 1.34 bits per heavy atom. The number of nitrogens with zero attached hydrogens (tertiary/aromatic N) is 1. The highest BCUT2D eigenvalue weighted by atomic mass is 35.5. The minimum absolute atomic E-state index is 0.00978. The molecule has 1 aromatic rings. The molecule has 2 saturated heterocycles. The standard InChI is InChI=1S/C24H30ClN3O7/c1-5-34-24-17(12-19(29)35-24)26-22(31)18-7-6-10-28(18)23(32)20(13(2)3)27-21(30)15-9-8-14(33-4)11-16(15)25/h8-9,11,17-18,20,24H,2,5-7,10,12H2,1,3-4H3,(H,26,31)(H,27,30)/t17-,18-,20-,24+/m0/s1. The summed E-state index contributed by atoms with van der Waals surface area (Å²) in [5.74, 6) is -1.39. The summed E-state index contributed by atoms with van der Waals surface area (Å²) in [6.45, 7) is 7.89. The van der Waals surface area contributed by atoms with Crippen LogP contribution in [0.2, 0.25) is 5.02 Å². The molecule has 3 amide bonds. The largest absolute Gasteiger partial charge is 0.497 e. The number of carbonyl (C=O) groups is 4. The Morgan fingerprint density at radius 2 is 2.09 bits per heavy atom. The van der Waals surface area contributed by atoms with Crippen LogP contribution in [0.5, 0.6) is 5.75 Å². The lowest BCUT2D eigenvalue weighted by Crippen LogP contribution is -2.55. The number of nitrogens with one attached hydrogen (secondary N) is 2. The van der Waals surface area contributed by atoms with Gasteiger partial charge in [-0.1, -0.05) is 18.2 Å². The van der Waals surface area contributed by atoms with Crippen molar-refractivity contribution in [2.45, 2.75) is 57.5 Å². The van der Waals surface area contributed by atoms with Gasteiger partial charge in [0.05, 0.1) is 24.1 Å². The number of benzene rings is 1. The van der Waals surface area contributed by atoms with E-state index in [1.165, 1.54) is 24.1 Å². The van der Waals surface area contributed by atoms with Gasteiger partial charge in [0.2, 0.25) is 18.1 Å². The van der Waals surface area contributed by atoms with Crippen molar-refractivity contribution >= 4 is 35.3 Å². The van der Waals surface area contributed by atoms with Crippen molar-refractivity contribution in [1.82, 2.24) is 15.5 Å². The number of methoxy groups -OCH3 is 1. The normalized spacial score (nSPS) is 22.3. The molecule has 1 aromatic carbocycles. The van der Waals surface area contributed by atoms with Crippen molar-refractivity contribution in [2.75, 3.05) is 20.3 Å². The number of halogens is 1. The molecule has 0 aromatic heterocycles. The molecule has 0 aliphatic carbocycles. The zero-order valence-electron chi connectivity index (χ0n) is 20.0.